The summed E-state index contributed by atoms with van der Waals surface area (Å²) < 4.78 is 33.8. The molecule has 3 aromatic carbocycles. The minimum Gasteiger partial charge on any atom is -0.495 e. The Morgan fingerprint density at radius 2 is 1.83 bits per heavy atom. The van der Waals surface area contributed by atoms with E-state index in [1.807, 2.05) is 25.1 Å². The number of anilines is 1. The van der Waals surface area contributed by atoms with Gasteiger partial charge in [0.25, 0.3) is 5.56 Å². The number of carbonyl (C=O) groups is 1. The number of aryl methyl sites for hydroxylation is 1. The molecule has 0 unspecified atom stereocenters. The first kappa shape index (κ1) is 23.2. The number of fused-ring (bicyclic) bond motifs is 2. The van der Waals surface area contributed by atoms with E-state index in [-0.39, 0.29) is 24.5 Å². The van der Waals surface area contributed by atoms with E-state index in [4.69, 9.17) is 14.2 Å². The summed E-state index contributed by atoms with van der Waals surface area (Å²) >= 11 is 0. The highest BCUT2D eigenvalue weighted by atomic mass is 19.1. The smallest absolute Gasteiger partial charge is 0.278 e. The number of carbonyl (C=O) groups excluding carboxylic acids is 1. The quantitative estimate of drug-likeness (QED) is 0.381. The molecule has 1 aliphatic rings. The lowest BCUT2D eigenvalue weighted by atomic mass is 10.0. The Hall–Kier alpha value is -4.53. The summed E-state index contributed by atoms with van der Waals surface area (Å²) in [5.74, 6) is 0.748. The molecule has 2 heterocycles. The molecule has 0 atom stereocenters. The first-order valence-corrected chi connectivity index (χ1v) is 11.3. The molecule has 0 bridgehead atoms. The van der Waals surface area contributed by atoms with Gasteiger partial charge in [-0.2, -0.15) is 0 Å². The van der Waals surface area contributed by atoms with Gasteiger partial charge in [0.2, 0.25) is 11.8 Å². The Balaban J connectivity index is 1.60. The average molecular weight is 490 g/mol. The standard InChI is InChI=1S/C27H24FN3O5/c1-16-10-11-22(34-2)21(12-16)29-24(32)15-30-27-20(13-17-6-4-9-23(35-3)25(17)36-27)26(33)31(30)19-8-5-7-18(28)14-19/h4-12,14H,13,15H2,1-3H3,(H,29,32). The van der Waals surface area contributed by atoms with Crippen LogP contribution in [0.4, 0.5) is 10.1 Å². The second-order valence-electron chi connectivity index (χ2n) is 8.42. The summed E-state index contributed by atoms with van der Waals surface area (Å²) in [6.45, 7) is 1.63. The number of ether oxygens (including phenoxy) is 3. The number of hydrogen-bond donors (Lipinski definition) is 1. The largest absolute Gasteiger partial charge is 0.495 e. The van der Waals surface area contributed by atoms with E-state index < -0.39 is 17.3 Å². The molecule has 0 spiro atoms. The van der Waals surface area contributed by atoms with Crippen LogP contribution in [0, 0.1) is 12.7 Å². The van der Waals surface area contributed by atoms with Crippen molar-refractivity contribution in [2.24, 2.45) is 0 Å². The molecular weight excluding hydrogens is 465 g/mol. The Kier molecular flexibility index (Phi) is 5.97. The Labute approximate surface area is 206 Å². The van der Waals surface area contributed by atoms with Gasteiger partial charge in [-0.05, 0) is 48.9 Å². The van der Waals surface area contributed by atoms with Gasteiger partial charge < -0.3 is 19.5 Å². The zero-order chi connectivity index (χ0) is 25.4. The molecule has 0 fully saturated rings. The molecular formula is C27H24FN3O5. The van der Waals surface area contributed by atoms with Gasteiger partial charge in [0, 0.05) is 12.0 Å². The van der Waals surface area contributed by atoms with Crippen LogP contribution in [0.1, 0.15) is 16.7 Å². The third-order valence-electron chi connectivity index (χ3n) is 6.01. The molecule has 36 heavy (non-hydrogen) atoms. The van der Waals surface area contributed by atoms with E-state index in [1.165, 1.54) is 41.8 Å². The second-order valence-corrected chi connectivity index (χ2v) is 8.42. The van der Waals surface area contributed by atoms with Crippen LogP contribution in [0.25, 0.3) is 5.69 Å². The first-order valence-electron chi connectivity index (χ1n) is 11.3. The molecule has 0 radical (unpaired) electrons. The Morgan fingerprint density at radius 3 is 2.58 bits per heavy atom. The number of aromatic nitrogens is 2. The number of amides is 1. The van der Waals surface area contributed by atoms with Crippen LogP contribution in [0.3, 0.4) is 0 Å². The van der Waals surface area contributed by atoms with Crippen LogP contribution in [0.15, 0.2) is 65.5 Å². The van der Waals surface area contributed by atoms with E-state index in [0.29, 0.717) is 28.5 Å². The molecule has 1 aromatic heterocycles. The summed E-state index contributed by atoms with van der Waals surface area (Å²) in [6.07, 6.45) is 0.274. The van der Waals surface area contributed by atoms with E-state index >= 15 is 0 Å². The summed E-state index contributed by atoms with van der Waals surface area (Å²) in [4.78, 5) is 26.8. The van der Waals surface area contributed by atoms with Crippen LogP contribution in [0.2, 0.25) is 0 Å². The molecule has 1 aliphatic heterocycles. The van der Waals surface area contributed by atoms with E-state index in [0.717, 1.165) is 11.1 Å². The highest BCUT2D eigenvalue weighted by molar-refractivity contribution is 5.92. The van der Waals surface area contributed by atoms with Gasteiger partial charge in [-0.25, -0.2) is 13.8 Å². The predicted molar refractivity (Wildman–Crippen MR) is 132 cm³/mol. The average Bonchev–Trinajstić information content (AvgIpc) is 3.12. The zero-order valence-electron chi connectivity index (χ0n) is 20.0. The van der Waals surface area contributed by atoms with E-state index in [2.05, 4.69) is 5.32 Å². The number of nitrogens with zero attached hydrogens (tertiary/aromatic N) is 2. The highest BCUT2D eigenvalue weighted by Crippen LogP contribution is 2.41. The van der Waals surface area contributed by atoms with E-state index in [1.54, 1.807) is 24.3 Å². The minimum absolute atomic E-state index is 0.201. The van der Waals surface area contributed by atoms with Crippen LogP contribution in [-0.2, 0) is 17.8 Å². The summed E-state index contributed by atoms with van der Waals surface area (Å²) in [5.41, 5.74) is 2.45. The van der Waals surface area contributed by atoms with Crippen molar-refractivity contribution in [3.8, 4) is 28.8 Å². The van der Waals surface area contributed by atoms with Gasteiger partial charge in [0.15, 0.2) is 11.5 Å². The van der Waals surface area contributed by atoms with Crippen molar-refractivity contribution in [2.45, 2.75) is 19.9 Å². The monoisotopic (exact) mass is 489 g/mol. The lowest BCUT2D eigenvalue weighted by molar-refractivity contribution is -0.117. The Bertz CT molecular complexity index is 1540. The molecule has 5 rings (SSSR count). The number of rotatable bonds is 6. The van der Waals surface area contributed by atoms with Crippen LogP contribution < -0.4 is 25.1 Å². The predicted octanol–water partition coefficient (Wildman–Crippen LogP) is 4.44. The number of methoxy groups -OCH3 is 2. The zero-order valence-corrected chi connectivity index (χ0v) is 20.0. The molecule has 1 amide bonds. The highest BCUT2D eigenvalue weighted by Gasteiger charge is 2.31. The lowest BCUT2D eigenvalue weighted by Gasteiger charge is -2.21. The van der Waals surface area contributed by atoms with Gasteiger partial charge >= 0.3 is 0 Å². The maximum atomic E-state index is 14.1. The minimum atomic E-state index is -0.509. The first-order chi connectivity index (χ1) is 17.4. The van der Waals surface area contributed by atoms with E-state index in [9.17, 15) is 14.0 Å². The van der Waals surface area contributed by atoms with Gasteiger partial charge in [-0.15, -0.1) is 0 Å². The molecule has 4 aromatic rings. The summed E-state index contributed by atoms with van der Waals surface area (Å²) in [6, 6.07) is 16.5. The fraction of sp³-hybridized carbons (Fsp3) is 0.185. The number of nitrogens with one attached hydrogen (secondary N) is 1. The number of para-hydroxylation sites is 1. The van der Waals surface area contributed by atoms with Crippen molar-refractivity contribution in [3.63, 3.8) is 0 Å². The second kappa shape index (κ2) is 9.26. The molecule has 1 N–H and O–H groups in total. The normalized spacial score (nSPS) is 11.8. The topological polar surface area (TPSA) is 83.7 Å². The lowest BCUT2D eigenvalue weighted by Crippen LogP contribution is -2.27. The third kappa shape index (κ3) is 4.08. The van der Waals surface area contributed by atoms with Crippen molar-refractivity contribution >= 4 is 11.6 Å². The molecule has 0 saturated carbocycles. The number of benzene rings is 3. The van der Waals surface area contributed by atoms with Gasteiger partial charge in [0.05, 0.1) is 31.2 Å². The van der Waals surface area contributed by atoms with Crippen molar-refractivity contribution in [3.05, 3.63) is 93.5 Å². The fourth-order valence-electron chi connectivity index (χ4n) is 4.36. The number of hydrogen-bond acceptors (Lipinski definition) is 5. The van der Waals surface area contributed by atoms with Crippen LogP contribution in [-0.4, -0.2) is 29.5 Å². The van der Waals surface area contributed by atoms with Crippen LogP contribution in [0.5, 0.6) is 23.1 Å². The molecule has 8 nitrogen and oxygen atoms in total. The van der Waals surface area contributed by atoms with Crippen molar-refractivity contribution in [2.75, 3.05) is 19.5 Å². The summed E-state index contributed by atoms with van der Waals surface area (Å²) in [5, 5.41) is 2.84. The maximum Gasteiger partial charge on any atom is 0.278 e. The maximum absolute atomic E-state index is 14.1. The molecule has 0 saturated heterocycles. The number of halogens is 1. The molecule has 184 valence electrons. The fourth-order valence-corrected chi connectivity index (χ4v) is 4.36. The van der Waals surface area contributed by atoms with Crippen molar-refractivity contribution in [1.29, 1.82) is 0 Å². The third-order valence-corrected chi connectivity index (χ3v) is 6.01. The van der Waals surface area contributed by atoms with Gasteiger partial charge in [0.1, 0.15) is 18.1 Å². The molecule has 0 aliphatic carbocycles. The molecule has 9 heteroatoms. The van der Waals surface area contributed by atoms with Crippen molar-refractivity contribution < 1.29 is 23.4 Å². The van der Waals surface area contributed by atoms with Crippen LogP contribution >= 0.6 is 0 Å². The van der Waals surface area contributed by atoms with Crippen molar-refractivity contribution in [1.82, 2.24) is 9.36 Å². The summed E-state index contributed by atoms with van der Waals surface area (Å²) in [7, 11) is 3.05. The van der Waals surface area contributed by atoms with Gasteiger partial charge in [-0.3, -0.25) is 9.59 Å². The van der Waals surface area contributed by atoms with Gasteiger partial charge in [-0.1, -0.05) is 24.3 Å². The Morgan fingerprint density at radius 1 is 1.06 bits per heavy atom. The SMILES string of the molecule is COc1ccc(C)cc1NC(=O)Cn1c2c(c(=O)n1-c1cccc(F)c1)Cc1cccc(OC)c1O2.